The van der Waals surface area contributed by atoms with Gasteiger partial charge in [-0.25, -0.2) is 4.39 Å². The van der Waals surface area contributed by atoms with E-state index in [2.05, 4.69) is 0 Å². The molecular formula is C24H23F3O2. The highest BCUT2D eigenvalue weighted by Gasteiger charge is 2.35. The monoisotopic (exact) mass is 400 g/mol. The molecule has 5 heteroatoms. The van der Waals surface area contributed by atoms with Crippen molar-refractivity contribution in [2.45, 2.75) is 32.8 Å². The van der Waals surface area contributed by atoms with Crippen LogP contribution < -0.4 is 9.47 Å². The van der Waals surface area contributed by atoms with Crippen LogP contribution >= 0.6 is 0 Å². The van der Waals surface area contributed by atoms with Crippen LogP contribution in [0.25, 0.3) is 10.8 Å². The Kier molecular flexibility index (Phi) is 6.47. The molecule has 0 radical (unpaired) electrons. The molecule has 0 bridgehead atoms. The fraction of sp³-hybridized carbons (Fsp3) is 0.250. The van der Waals surface area contributed by atoms with Crippen molar-refractivity contribution in [2.24, 2.45) is 0 Å². The molecule has 0 aromatic heterocycles. The Morgan fingerprint density at radius 1 is 0.966 bits per heavy atom. The molecule has 3 rings (SSSR count). The van der Waals surface area contributed by atoms with Gasteiger partial charge in [0.05, 0.1) is 5.56 Å². The number of rotatable bonds is 8. The van der Waals surface area contributed by atoms with Crippen molar-refractivity contribution in [2.75, 3.05) is 6.61 Å². The largest absolute Gasteiger partial charge is 0.490 e. The number of alkyl halides is 2. The maximum absolute atomic E-state index is 14.6. The smallest absolute Gasteiger partial charge is 0.426 e. The lowest BCUT2D eigenvalue weighted by Crippen LogP contribution is -2.22. The number of ether oxygens (including phenoxy) is 2. The molecule has 29 heavy (non-hydrogen) atoms. The number of halogens is 3. The average molecular weight is 400 g/mol. The third-order valence-electron chi connectivity index (χ3n) is 4.51. The molecule has 0 saturated carbocycles. The summed E-state index contributed by atoms with van der Waals surface area (Å²) in [6.07, 6.45) is 1.80. The van der Waals surface area contributed by atoms with Crippen LogP contribution in [0.15, 0.2) is 66.7 Å². The number of hydrogen-bond donors (Lipinski definition) is 0. The topological polar surface area (TPSA) is 18.5 Å². The normalized spacial score (nSPS) is 11.9. The SMILES string of the molecule is C/C=C/COc1ccc2cc(OC(F)(F)c3ccc(CCC)cc3)c(F)cc2c1. The van der Waals surface area contributed by atoms with Crippen LogP contribution in [0.2, 0.25) is 0 Å². The Balaban J connectivity index is 1.83. The van der Waals surface area contributed by atoms with Crippen LogP contribution in [0, 0.1) is 5.82 Å². The summed E-state index contributed by atoms with van der Waals surface area (Å²) < 4.78 is 53.9. The molecule has 0 aliphatic carbocycles. The van der Waals surface area contributed by atoms with Crippen LogP contribution in [-0.2, 0) is 12.5 Å². The molecule has 0 amide bonds. The van der Waals surface area contributed by atoms with Crippen molar-refractivity contribution in [3.8, 4) is 11.5 Å². The number of hydrogen-bond acceptors (Lipinski definition) is 2. The lowest BCUT2D eigenvalue weighted by atomic mass is 10.1. The van der Waals surface area contributed by atoms with E-state index in [0.29, 0.717) is 23.1 Å². The van der Waals surface area contributed by atoms with E-state index in [0.717, 1.165) is 18.4 Å². The van der Waals surface area contributed by atoms with Gasteiger partial charge < -0.3 is 9.47 Å². The molecule has 3 aromatic carbocycles. The van der Waals surface area contributed by atoms with Gasteiger partial charge in [-0.15, -0.1) is 0 Å². The van der Waals surface area contributed by atoms with Crippen LogP contribution in [0.3, 0.4) is 0 Å². The third-order valence-corrected chi connectivity index (χ3v) is 4.51. The van der Waals surface area contributed by atoms with Gasteiger partial charge >= 0.3 is 6.11 Å². The second kappa shape index (κ2) is 9.03. The molecule has 0 aliphatic rings. The predicted octanol–water partition coefficient (Wildman–Crippen LogP) is 7.01. The van der Waals surface area contributed by atoms with E-state index in [9.17, 15) is 13.2 Å². The fourth-order valence-electron chi connectivity index (χ4n) is 2.99. The van der Waals surface area contributed by atoms with E-state index in [1.807, 2.05) is 26.0 Å². The van der Waals surface area contributed by atoms with E-state index in [1.54, 1.807) is 30.3 Å². The summed E-state index contributed by atoms with van der Waals surface area (Å²) >= 11 is 0. The van der Waals surface area contributed by atoms with Gasteiger partial charge in [-0.05, 0) is 66.1 Å². The zero-order chi connectivity index (χ0) is 20.9. The van der Waals surface area contributed by atoms with Crippen molar-refractivity contribution in [1.82, 2.24) is 0 Å². The van der Waals surface area contributed by atoms with E-state index in [1.165, 1.54) is 24.3 Å². The van der Waals surface area contributed by atoms with Crippen LogP contribution in [0.4, 0.5) is 13.2 Å². The first kappa shape index (κ1) is 20.8. The number of benzene rings is 3. The molecule has 3 aromatic rings. The maximum Gasteiger partial charge on any atom is 0.426 e. The average Bonchev–Trinajstić information content (AvgIpc) is 2.69. The third kappa shape index (κ3) is 5.11. The number of aryl methyl sites for hydroxylation is 1. The zero-order valence-corrected chi connectivity index (χ0v) is 16.4. The Hall–Kier alpha value is -2.95. The fourth-order valence-corrected chi connectivity index (χ4v) is 2.99. The van der Waals surface area contributed by atoms with Crippen LogP contribution in [0.1, 0.15) is 31.4 Å². The quantitative estimate of drug-likeness (QED) is 0.379. The minimum atomic E-state index is -3.64. The molecule has 0 aliphatic heterocycles. The molecule has 0 atom stereocenters. The summed E-state index contributed by atoms with van der Waals surface area (Å²) in [5, 5.41) is 1.12. The minimum absolute atomic E-state index is 0.315. The molecule has 0 N–H and O–H groups in total. The Labute approximate surface area is 168 Å². The Morgan fingerprint density at radius 2 is 1.72 bits per heavy atom. The van der Waals surface area contributed by atoms with Gasteiger partial charge in [0, 0.05) is 0 Å². The summed E-state index contributed by atoms with van der Waals surface area (Å²) in [5.74, 6) is -0.783. The van der Waals surface area contributed by atoms with Crippen molar-refractivity contribution in [1.29, 1.82) is 0 Å². The molecule has 0 heterocycles. The first-order valence-corrected chi connectivity index (χ1v) is 9.56. The summed E-state index contributed by atoms with van der Waals surface area (Å²) in [7, 11) is 0. The lowest BCUT2D eigenvalue weighted by Gasteiger charge is -2.19. The van der Waals surface area contributed by atoms with Gasteiger partial charge in [0.2, 0.25) is 0 Å². The van der Waals surface area contributed by atoms with Gasteiger partial charge in [-0.1, -0.05) is 43.7 Å². The van der Waals surface area contributed by atoms with Gasteiger partial charge in [0.1, 0.15) is 12.4 Å². The van der Waals surface area contributed by atoms with Crippen molar-refractivity contribution < 1.29 is 22.6 Å². The first-order valence-electron chi connectivity index (χ1n) is 9.56. The van der Waals surface area contributed by atoms with Gasteiger partial charge in [0.15, 0.2) is 11.6 Å². The van der Waals surface area contributed by atoms with Crippen LogP contribution in [-0.4, -0.2) is 6.61 Å². The Morgan fingerprint density at radius 3 is 2.41 bits per heavy atom. The standard InChI is InChI=1S/C24H23F3O2/c1-3-5-13-28-21-12-9-18-16-23(22(25)15-19(18)14-21)29-24(26,27)20-10-7-17(6-4-2)8-11-20/h3,5,7-12,14-16H,4,6,13H2,1-2H3/b5-3+. The number of allylic oxidation sites excluding steroid dienone is 1. The van der Waals surface area contributed by atoms with E-state index < -0.39 is 17.7 Å². The summed E-state index contributed by atoms with van der Waals surface area (Å²) in [6, 6.07) is 13.4. The highest BCUT2D eigenvalue weighted by molar-refractivity contribution is 5.85. The van der Waals surface area contributed by atoms with Crippen molar-refractivity contribution >= 4 is 10.8 Å². The molecule has 0 unspecified atom stereocenters. The molecule has 0 fully saturated rings. The van der Waals surface area contributed by atoms with Gasteiger partial charge in [0.25, 0.3) is 0 Å². The minimum Gasteiger partial charge on any atom is -0.490 e. The van der Waals surface area contributed by atoms with E-state index in [4.69, 9.17) is 9.47 Å². The van der Waals surface area contributed by atoms with E-state index >= 15 is 0 Å². The number of fused-ring (bicyclic) bond motifs is 1. The summed E-state index contributed by atoms with van der Waals surface area (Å²) in [4.78, 5) is 0. The molecule has 0 saturated heterocycles. The molecule has 2 nitrogen and oxygen atoms in total. The second-order valence-corrected chi connectivity index (χ2v) is 6.74. The molecule has 152 valence electrons. The highest BCUT2D eigenvalue weighted by atomic mass is 19.3. The first-order chi connectivity index (χ1) is 13.9. The van der Waals surface area contributed by atoms with Gasteiger partial charge in [-0.3, -0.25) is 0 Å². The van der Waals surface area contributed by atoms with Gasteiger partial charge in [-0.2, -0.15) is 8.78 Å². The molecule has 0 spiro atoms. The van der Waals surface area contributed by atoms with Crippen molar-refractivity contribution in [3.05, 3.63) is 83.7 Å². The van der Waals surface area contributed by atoms with Crippen molar-refractivity contribution in [3.63, 3.8) is 0 Å². The lowest BCUT2D eigenvalue weighted by molar-refractivity contribution is -0.186. The predicted molar refractivity (Wildman–Crippen MR) is 109 cm³/mol. The maximum atomic E-state index is 14.6. The van der Waals surface area contributed by atoms with E-state index in [-0.39, 0.29) is 5.56 Å². The zero-order valence-electron chi connectivity index (χ0n) is 16.4. The summed E-state index contributed by atoms with van der Waals surface area (Å²) in [5.41, 5.74) is 0.654. The second-order valence-electron chi connectivity index (χ2n) is 6.74. The molecular weight excluding hydrogens is 377 g/mol. The van der Waals surface area contributed by atoms with Crippen LogP contribution in [0.5, 0.6) is 11.5 Å². The highest BCUT2D eigenvalue weighted by Crippen LogP contribution is 2.35. The summed E-state index contributed by atoms with van der Waals surface area (Å²) in [6.45, 7) is 4.30. The Bertz CT molecular complexity index is 995.